The lowest BCUT2D eigenvalue weighted by atomic mass is 9.90. The first-order valence-electron chi connectivity index (χ1n) is 17.6. The predicted molar refractivity (Wildman–Crippen MR) is 218 cm³/mol. The second-order valence-corrected chi connectivity index (χ2v) is 13.2. The standard InChI is InChI=1S/C49H32N2O/c1-3-12-33(13-4-1)34-22-25-38(26-23-34)51(40-31-47-48(50-32-40)45-28-24-37-17-8-10-20-43(37)49(45)52-47)39-27-29-42(35-14-5-2-6-15-35)46(30-39)44-21-11-18-36-16-7-9-19-41(36)44/h1-32H. The number of rotatable bonds is 6. The zero-order valence-electron chi connectivity index (χ0n) is 28.3. The Balaban J connectivity index is 1.20. The molecule has 0 amide bonds. The fourth-order valence-corrected chi connectivity index (χ4v) is 7.59. The molecule has 0 N–H and O–H groups in total. The molecule has 0 spiro atoms. The van der Waals surface area contributed by atoms with Crippen LogP contribution in [0.4, 0.5) is 17.1 Å². The molecule has 0 aliphatic rings. The molecular formula is C49H32N2O. The topological polar surface area (TPSA) is 29.3 Å². The Morgan fingerprint density at radius 2 is 1.02 bits per heavy atom. The van der Waals surface area contributed by atoms with E-state index in [2.05, 4.69) is 193 Å². The van der Waals surface area contributed by atoms with E-state index in [1.807, 2.05) is 6.20 Å². The van der Waals surface area contributed by atoms with Gasteiger partial charge in [0.25, 0.3) is 0 Å². The van der Waals surface area contributed by atoms with E-state index in [0.717, 1.165) is 61.0 Å². The third kappa shape index (κ3) is 5.10. The van der Waals surface area contributed by atoms with Crippen LogP contribution in [0.3, 0.4) is 0 Å². The van der Waals surface area contributed by atoms with Crippen molar-refractivity contribution in [1.82, 2.24) is 4.98 Å². The van der Waals surface area contributed by atoms with Crippen LogP contribution in [0.5, 0.6) is 0 Å². The Kier molecular flexibility index (Phi) is 7.14. The summed E-state index contributed by atoms with van der Waals surface area (Å²) in [5.41, 5.74) is 12.5. The zero-order chi connectivity index (χ0) is 34.4. The molecule has 0 bridgehead atoms. The Morgan fingerprint density at radius 3 is 1.81 bits per heavy atom. The molecule has 0 unspecified atom stereocenters. The van der Waals surface area contributed by atoms with E-state index in [1.54, 1.807) is 0 Å². The predicted octanol–water partition coefficient (Wildman–Crippen LogP) is 13.8. The maximum atomic E-state index is 6.63. The second-order valence-electron chi connectivity index (χ2n) is 13.2. The van der Waals surface area contributed by atoms with E-state index in [4.69, 9.17) is 9.40 Å². The summed E-state index contributed by atoms with van der Waals surface area (Å²) in [6, 6.07) is 66.7. The molecule has 0 fully saturated rings. The van der Waals surface area contributed by atoms with Crippen molar-refractivity contribution in [2.75, 3.05) is 4.90 Å². The quantitative estimate of drug-likeness (QED) is 0.177. The van der Waals surface area contributed by atoms with Gasteiger partial charge in [0.05, 0.1) is 11.9 Å². The molecule has 8 aromatic carbocycles. The van der Waals surface area contributed by atoms with Crippen LogP contribution in [0.1, 0.15) is 0 Å². The summed E-state index contributed by atoms with van der Waals surface area (Å²) < 4.78 is 6.63. The monoisotopic (exact) mass is 664 g/mol. The average Bonchev–Trinajstić information content (AvgIpc) is 3.60. The lowest BCUT2D eigenvalue weighted by Crippen LogP contribution is -2.10. The summed E-state index contributed by atoms with van der Waals surface area (Å²) in [4.78, 5) is 7.35. The van der Waals surface area contributed by atoms with Crippen molar-refractivity contribution in [3.63, 3.8) is 0 Å². The van der Waals surface area contributed by atoms with Crippen molar-refractivity contribution < 1.29 is 4.42 Å². The molecule has 0 saturated carbocycles. The molecule has 244 valence electrons. The van der Waals surface area contributed by atoms with Crippen molar-refractivity contribution in [3.8, 4) is 33.4 Å². The van der Waals surface area contributed by atoms with E-state index >= 15 is 0 Å². The minimum Gasteiger partial charge on any atom is -0.454 e. The third-order valence-corrected chi connectivity index (χ3v) is 10.1. The van der Waals surface area contributed by atoms with Gasteiger partial charge in [0, 0.05) is 28.2 Å². The largest absolute Gasteiger partial charge is 0.454 e. The zero-order valence-corrected chi connectivity index (χ0v) is 28.3. The number of hydrogen-bond acceptors (Lipinski definition) is 3. The third-order valence-electron chi connectivity index (χ3n) is 10.1. The van der Waals surface area contributed by atoms with E-state index in [-0.39, 0.29) is 0 Å². The van der Waals surface area contributed by atoms with Gasteiger partial charge in [-0.05, 0) is 79.9 Å². The number of hydrogen-bond donors (Lipinski definition) is 0. The average molecular weight is 665 g/mol. The number of nitrogens with zero attached hydrogens (tertiary/aromatic N) is 2. The molecule has 0 aliphatic heterocycles. The fourth-order valence-electron chi connectivity index (χ4n) is 7.59. The van der Waals surface area contributed by atoms with Crippen LogP contribution in [0, 0.1) is 0 Å². The molecule has 2 heterocycles. The highest BCUT2D eigenvalue weighted by Gasteiger charge is 2.20. The summed E-state index contributed by atoms with van der Waals surface area (Å²) in [5, 5.41) is 5.68. The fraction of sp³-hybridized carbons (Fsp3) is 0. The summed E-state index contributed by atoms with van der Waals surface area (Å²) in [5.74, 6) is 0. The van der Waals surface area contributed by atoms with E-state index in [1.165, 1.54) is 33.0 Å². The smallest absolute Gasteiger partial charge is 0.155 e. The maximum absolute atomic E-state index is 6.63. The SMILES string of the molecule is c1ccc(-c2ccc(N(c3ccc(-c4ccccc4)c(-c4cccc5ccccc45)c3)c3cnc4c(c3)oc3c5ccccc5ccc43)cc2)cc1. The molecule has 10 aromatic rings. The summed E-state index contributed by atoms with van der Waals surface area (Å²) >= 11 is 0. The maximum Gasteiger partial charge on any atom is 0.155 e. The van der Waals surface area contributed by atoms with Crippen LogP contribution >= 0.6 is 0 Å². The summed E-state index contributed by atoms with van der Waals surface area (Å²) in [6.45, 7) is 0. The first-order chi connectivity index (χ1) is 25.8. The Bertz CT molecular complexity index is 2890. The number of aromatic nitrogens is 1. The number of fused-ring (bicyclic) bond motifs is 6. The van der Waals surface area contributed by atoms with Crippen molar-refractivity contribution >= 4 is 60.7 Å². The van der Waals surface area contributed by atoms with Crippen LogP contribution in [-0.2, 0) is 0 Å². The van der Waals surface area contributed by atoms with Gasteiger partial charge < -0.3 is 9.32 Å². The number of pyridine rings is 1. The van der Waals surface area contributed by atoms with Crippen LogP contribution in [0.25, 0.3) is 77.0 Å². The second kappa shape index (κ2) is 12.4. The first kappa shape index (κ1) is 29.9. The number of anilines is 3. The Labute approximate surface area is 301 Å². The van der Waals surface area contributed by atoms with Gasteiger partial charge in [0.15, 0.2) is 5.58 Å². The molecule has 3 nitrogen and oxygen atoms in total. The van der Waals surface area contributed by atoms with Gasteiger partial charge in [-0.25, -0.2) is 4.98 Å². The van der Waals surface area contributed by atoms with Gasteiger partial charge in [-0.3, -0.25) is 0 Å². The van der Waals surface area contributed by atoms with E-state index in [9.17, 15) is 0 Å². The van der Waals surface area contributed by atoms with E-state index in [0.29, 0.717) is 0 Å². The molecule has 0 atom stereocenters. The lowest BCUT2D eigenvalue weighted by Gasteiger charge is -2.27. The molecular weight excluding hydrogens is 633 g/mol. The van der Waals surface area contributed by atoms with Gasteiger partial charge in [-0.1, -0.05) is 152 Å². The molecule has 2 aromatic heterocycles. The minimum absolute atomic E-state index is 0.755. The normalized spacial score (nSPS) is 11.5. The molecule has 3 heteroatoms. The highest BCUT2D eigenvalue weighted by molar-refractivity contribution is 6.14. The van der Waals surface area contributed by atoms with Crippen LogP contribution in [-0.4, -0.2) is 4.98 Å². The molecule has 0 saturated heterocycles. The van der Waals surface area contributed by atoms with Gasteiger partial charge in [-0.15, -0.1) is 0 Å². The van der Waals surface area contributed by atoms with Crippen molar-refractivity contribution in [2.24, 2.45) is 0 Å². The van der Waals surface area contributed by atoms with Crippen LogP contribution in [0.15, 0.2) is 199 Å². The summed E-state index contributed by atoms with van der Waals surface area (Å²) in [6.07, 6.45) is 1.97. The first-order valence-corrected chi connectivity index (χ1v) is 17.6. The van der Waals surface area contributed by atoms with Gasteiger partial charge >= 0.3 is 0 Å². The Morgan fingerprint density at radius 1 is 0.385 bits per heavy atom. The highest BCUT2D eigenvalue weighted by Crippen LogP contribution is 2.44. The van der Waals surface area contributed by atoms with Gasteiger partial charge in [0.2, 0.25) is 0 Å². The van der Waals surface area contributed by atoms with Crippen LogP contribution in [0.2, 0.25) is 0 Å². The molecule has 0 radical (unpaired) electrons. The van der Waals surface area contributed by atoms with E-state index < -0.39 is 0 Å². The minimum atomic E-state index is 0.755. The highest BCUT2D eigenvalue weighted by atomic mass is 16.3. The van der Waals surface area contributed by atoms with Crippen molar-refractivity contribution in [2.45, 2.75) is 0 Å². The lowest BCUT2D eigenvalue weighted by molar-refractivity contribution is 0.672. The Hall–Kier alpha value is -6.97. The summed E-state index contributed by atoms with van der Waals surface area (Å²) in [7, 11) is 0. The van der Waals surface area contributed by atoms with Gasteiger partial charge in [-0.2, -0.15) is 0 Å². The molecule has 10 rings (SSSR count). The molecule has 0 aliphatic carbocycles. The van der Waals surface area contributed by atoms with Crippen molar-refractivity contribution in [1.29, 1.82) is 0 Å². The van der Waals surface area contributed by atoms with Gasteiger partial charge in [0.1, 0.15) is 11.1 Å². The number of furan rings is 1. The van der Waals surface area contributed by atoms with Crippen LogP contribution < -0.4 is 4.90 Å². The number of benzene rings is 8. The molecule has 52 heavy (non-hydrogen) atoms. The van der Waals surface area contributed by atoms with Crippen molar-refractivity contribution in [3.05, 3.63) is 194 Å².